The van der Waals surface area contributed by atoms with E-state index in [2.05, 4.69) is 49.0 Å². The Hall–Kier alpha value is 0.420. The van der Waals surface area contributed by atoms with Gasteiger partial charge in [-0.1, -0.05) is 51.4 Å². The van der Waals surface area contributed by atoms with Crippen LogP contribution >= 0.6 is 0 Å². The molecule has 0 aromatic carbocycles. The molecule has 5 aliphatic heterocycles. The van der Waals surface area contributed by atoms with Crippen LogP contribution in [0, 0.1) is 53.8 Å². The van der Waals surface area contributed by atoms with Crippen LogP contribution in [0.3, 0.4) is 0 Å². The van der Waals surface area contributed by atoms with Gasteiger partial charge in [-0.3, -0.25) is 42.5 Å². The Labute approximate surface area is 263 Å². The minimum Gasteiger partial charge on any atom is -0.322 e. The van der Waals surface area contributed by atoms with Gasteiger partial charge in [0.05, 0.1) is 43.2 Å². The van der Waals surface area contributed by atoms with Gasteiger partial charge in [0.2, 0.25) is 0 Å². The summed E-state index contributed by atoms with van der Waals surface area (Å²) in [6, 6.07) is 0. The summed E-state index contributed by atoms with van der Waals surface area (Å²) in [7, 11) is 0. The largest absolute Gasteiger partial charge is 1.00 e. The van der Waals surface area contributed by atoms with Crippen LogP contribution in [0.15, 0.2) is 0 Å². The quantitative estimate of drug-likeness (QED) is 0.142. The third-order valence-electron chi connectivity index (χ3n) is 13.6. The van der Waals surface area contributed by atoms with Gasteiger partial charge in [0.15, 0.2) is 0 Å². The maximum absolute atomic E-state index is 4.25. The number of hydrogen-bond donors (Lipinski definition) is 8. The molecule has 4 aliphatic carbocycles. The van der Waals surface area contributed by atoms with Crippen molar-refractivity contribution >= 4 is 0 Å². The number of nitrogens with one attached hydrogen (secondary N) is 8. The average Bonchev–Trinajstić information content (AvgIpc) is 3.73. The second kappa shape index (κ2) is 12.0. The molecule has 41 heavy (non-hydrogen) atoms. The summed E-state index contributed by atoms with van der Waals surface area (Å²) in [6.45, 7) is 0. The number of fused-ring (bicyclic) bond motifs is 20. The average molecular weight is 749 g/mol. The fraction of sp³-hybridized carbons (Fsp3) is 0.969. The van der Waals surface area contributed by atoms with Crippen molar-refractivity contribution in [2.45, 2.75) is 146 Å². The summed E-state index contributed by atoms with van der Waals surface area (Å²) >= 11 is 0. The Balaban J connectivity index is 0.00000256. The van der Waals surface area contributed by atoms with E-state index >= 15 is 0 Å². The first-order chi connectivity index (χ1) is 19.8. The standard InChI is InChI=1S/C32H55N8.Au/c1-2-10-18-17(9-1)25-33-26(18)38-28-21-13-5-6-14-22(21)30(35-28)40-32-24-16-8-7-15-23(24)31(36-32)39-29-20-12-4-3-11-19(20)27(34-29)37-25;/h9,17-40H,1-8,10-16H2;/q-1;+1. The first-order valence-electron chi connectivity index (χ1n) is 17.7. The maximum Gasteiger partial charge on any atom is 1.00 e. The van der Waals surface area contributed by atoms with E-state index in [0.29, 0.717) is 61.2 Å². The van der Waals surface area contributed by atoms with Gasteiger partial charge in [-0.05, 0) is 80.0 Å². The predicted molar refractivity (Wildman–Crippen MR) is 157 cm³/mol. The minimum absolute atomic E-state index is 0. The molecule has 9 heteroatoms. The van der Waals surface area contributed by atoms with E-state index in [1.807, 2.05) is 0 Å². The molecule has 9 rings (SSSR count). The minimum atomic E-state index is 0. The van der Waals surface area contributed by atoms with Gasteiger partial charge in [-0.15, -0.1) is 5.92 Å². The topological polar surface area (TPSA) is 96.2 Å². The predicted octanol–water partition coefficient (Wildman–Crippen LogP) is 2.42. The molecule has 0 radical (unpaired) electrons. The second-order valence-electron chi connectivity index (χ2n) is 15.4. The molecule has 0 amide bonds. The first kappa shape index (κ1) is 28.9. The molecule has 8 bridgehead atoms. The van der Waals surface area contributed by atoms with Crippen molar-refractivity contribution in [1.29, 1.82) is 0 Å². The van der Waals surface area contributed by atoms with E-state index in [9.17, 15) is 0 Å². The smallest absolute Gasteiger partial charge is 0.322 e. The molecular formula is C32H55AuN8. The van der Waals surface area contributed by atoms with E-state index < -0.39 is 0 Å². The Kier molecular flexibility index (Phi) is 8.43. The van der Waals surface area contributed by atoms with Crippen LogP contribution in [0.4, 0.5) is 0 Å². The molecule has 0 spiro atoms. The summed E-state index contributed by atoms with van der Waals surface area (Å²) in [6.07, 6.45) is 26.4. The zero-order chi connectivity index (χ0) is 26.2. The van der Waals surface area contributed by atoms with Crippen LogP contribution in [-0.4, -0.2) is 49.3 Å². The van der Waals surface area contributed by atoms with Gasteiger partial charge < -0.3 is 6.42 Å². The van der Waals surface area contributed by atoms with Crippen LogP contribution in [0.5, 0.6) is 0 Å². The number of hydrogen-bond acceptors (Lipinski definition) is 8. The Morgan fingerprint density at radius 1 is 0.317 bits per heavy atom. The van der Waals surface area contributed by atoms with Gasteiger partial charge in [-0.25, -0.2) is 0 Å². The van der Waals surface area contributed by atoms with Gasteiger partial charge >= 0.3 is 22.4 Å². The van der Waals surface area contributed by atoms with E-state index in [4.69, 9.17) is 0 Å². The summed E-state index contributed by atoms with van der Waals surface area (Å²) in [4.78, 5) is 0. The SMILES string of the molecule is [Au+].[CH-]1CCCC2C3NC(NC4NC(NC5NC(NC6NC(N3)C3CCCCC63)C3CCCCC53)C3CCCCC43)C12. The summed E-state index contributed by atoms with van der Waals surface area (Å²) < 4.78 is 0. The Morgan fingerprint density at radius 3 is 0.927 bits per heavy atom. The van der Waals surface area contributed by atoms with E-state index in [-0.39, 0.29) is 22.4 Å². The van der Waals surface area contributed by atoms with Crippen molar-refractivity contribution in [2.75, 3.05) is 0 Å². The fourth-order valence-corrected chi connectivity index (χ4v) is 11.7. The van der Waals surface area contributed by atoms with Crippen LogP contribution in [-0.2, 0) is 22.4 Å². The van der Waals surface area contributed by atoms with E-state index in [1.54, 1.807) is 0 Å². The molecular weight excluding hydrogens is 693 g/mol. The molecule has 16 atom stereocenters. The molecule has 234 valence electrons. The van der Waals surface area contributed by atoms with Crippen molar-refractivity contribution < 1.29 is 22.4 Å². The monoisotopic (exact) mass is 748 g/mol. The zero-order valence-electron chi connectivity index (χ0n) is 24.7. The maximum atomic E-state index is 4.25. The van der Waals surface area contributed by atoms with Gasteiger partial charge in [0.25, 0.3) is 0 Å². The van der Waals surface area contributed by atoms with E-state index in [1.165, 1.54) is 96.3 Å². The first-order valence-corrected chi connectivity index (χ1v) is 17.7. The molecule has 5 saturated heterocycles. The molecule has 8 nitrogen and oxygen atoms in total. The van der Waals surface area contributed by atoms with Crippen molar-refractivity contribution in [2.24, 2.45) is 47.3 Å². The molecule has 9 fully saturated rings. The normalized spacial score (nSPS) is 56.2. The molecule has 8 N–H and O–H groups in total. The van der Waals surface area contributed by atoms with Crippen molar-refractivity contribution in [3.63, 3.8) is 0 Å². The van der Waals surface area contributed by atoms with Crippen LogP contribution < -0.4 is 42.5 Å². The molecule has 4 saturated carbocycles. The molecule has 16 unspecified atom stereocenters. The third kappa shape index (κ3) is 5.08. The van der Waals surface area contributed by atoms with Crippen LogP contribution in [0.25, 0.3) is 0 Å². The van der Waals surface area contributed by atoms with E-state index in [0.717, 1.165) is 35.5 Å². The van der Waals surface area contributed by atoms with Crippen molar-refractivity contribution in [3.8, 4) is 0 Å². The summed E-state index contributed by atoms with van der Waals surface area (Å²) in [5, 5.41) is 33.7. The van der Waals surface area contributed by atoms with Crippen LogP contribution in [0.1, 0.15) is 96.3 Å². The molecule has 9 aliphatic rings. The van der Waals surface area contributed by atoms with Crippen LogP contribution in [0.2, 0.25) is 0 Å². The Morgan fingerprint density at radius 2 is 0.585 bits per heavy atom. The second-order valence-corrected chi connectivity index (χ2v) is 15.4. The number of rotatable bonds is 0. The molecule has 0 aromatic heterocycles. The fourth-order valence-electron chi connectivity index (χ4n) is 11.7. The zero-order valence-corrected chi connectivity index (χ0v) is 26.9. The van der Waals surface area contributed by atoms with Crippen molar-refractivity contribution in [1.82, 2.24) is 42.5 Å². The Bertz CT molecular complexity index is 716. The van der Waals surface area contributed by atoms with Crippen molar-refractivity contribution in [3.05, 3.63) is 6.42 Å². The van der Waals surface area contributed by atoms with Gasteiger partial charge in [0, 0.05) is 6.17 Å². The molecule has 0 aromatic rings. The van der Waals surface area contributed by atoms with Gasteiger partial charge in [0.1, 0.15) is 0 Å². The third-order valence-corrected chi connectivity index (χ3v) is 13.6. The summed E-state index contributed by atoms with van der Waals surface area (Å²) in [5.41, 5.74) is 0. The molecule has 5 heterocycles. The summed E-state index contributed by atoms with van der Waals surface area (Å²) in [5.74, 6) is 5.74. The van der Waals surface area contributed by atoms with Gasteiger partial charge in [-0.2, -0.15) is 6.42 Å².